The molecule has 19 heavy (non-hydrogen) atoms. The maximum atomic E-state index is 5.99. The van der Waals surface area contributed by atoms with Gasteiger partial charge in [0.05, 0.1) is 12.7 Å². The number of benzene rings is 2. The van der Waals surface area contributed by atoms with Gasteiger partial charge in [-0.15, -0.1) is 0 Å². The van der Waals surface area contributed by atoms with Gasteiger partial charge in [0.1, 0.15) is 0 Å². The number of nitrogens with one attached hydrogen (secondary N) is 1. The van der Waals surface area contributed by atoms with Gasteiger partial charge in [-0.25, -0.2) is 0 Å². The summed E-state index contributed by atoms with van der Waals surface area (Å²) in [4.78, 5) is 0. The molecule has 2 aromatic carbocycles. The Bertz CT molecular complexity index is 484. The summed E-state index contributed by atoms with van der Waals surface area (Å²) in [5.74, 6) is 0. The molecule has 0 fully saturated rings. The molecule has 2 rings (SSSR count). The average molecular weight is 276 g/mol. The minimum Gasteiger partial charge on any atom is -0.368 e. The molecule has 0 saturated carbocycles. The van der Waals surface area contributed by atoms with Gasteiger partial charge in [-0.1, -0.05) is 54.1 Å². The highest BCUT2D eigenvalue weighted by Gasteiger charge is 2.11. The normalized spacial score (nSPS) is 12.3. The zero-order valence-corrected chi connectivity index (χ0v) is 11.7. The lowest BCUT2D eigenvalue weighted by molar-refractivity contribution is 0.0411. The SMILES string of the molecule is CNCC(OCc1ccccc1)c1ccc(Cl)cc1. The molecule has 2 nitrogen and oxygen atoms in total. The van der Waals surface area contributed by atoms with Gasteiger partial charge >= 0.3 is 0 Å². The van der Waals surface area contributed by atoms with Crippen molar-refractivity contribution >= 4 is 11.6 Å². The lowest BCUT2D eigenvalue weighted by Crippen LogP contribution is -2.19. The van der Waals surface area contributed by atoms with Crippen LogP contribution in [0.25, 0.3) is 0 Å². The van der Waals surface area contributed by atoms with Crippen molar-refractivity contribution in [1.29, 1.82) is 0 Å². The minimum atomic E-state index is 0.0301. The van der Waals surface area contributed by atoms with E-state index in [0.717, 1.165) is 17.1 Å². The first-order valence-electron chi connectivity index (χ1n) is 6.35. The van der Waals surface area contributed by atoms with E-state index >= 15 is 0 Å². The molecule has 0 bridgehead atoms. The summed E-state index contributed by atoms with van der Waals surface area (Å²) in [6.45, 7) is 1.38. The molecule has 0 radical (unpaired) electrons. The van der Waals surface area contributed by atoms with Crippen LogP contribution in [0.15, 0.2) is 54.6 Å². The Balaban J connectivity index is 2.02. The van der Waals surface area contributed by atoms with Gasteiger partial charge in [0.25, 0.3) is 0 Å². The Kier molecular flexibility index (Phi) is 5.40. The number of rotatable bonds is 6. The molecule has 0 aliphatic heterocycles. The second kappa shape index (κ2) is 7.29. The Morgan fingerprint density at radius 2 is 1.74 bits per heavy atom. The first-order valence-corrected chi connectivity index (χ1v) is 6.73. The van der Waals surface area contributed by atoms with Crippen molar-refractivity contribution in [3.05, 3.63) is 70.7 Å². The van der Waals surface area contributed by atoms with Crippen LogP contribution in [0.4, 0.5) is 0 Å². The number of hydrogen-bond donors (Lipinski definition) is 1. The molecule has 0 aliphatic rings. The number of ether oxygens (including phenoxy) is 1. The van der Waals surface area contributed by atoms with E-state index in [4.69, 9.17) is 16.3 Å². The van der Waals surface area contributed by atoms with Crippen LogP contribution in [0.2, 0.25) is 5.02 Å². The van der Waals surface area contributed by atoms with Crippen molar-refractivity contribution < 1.29 is 4.74 Å². The number of hydrogen-bond acceptors (Lipinski definition) is 2. The van der Waals surface area contributed by atoms with E-state index in [-0.39, 0.29) is 6.10 Å². The fourth-order valence-electron chi connectivity index (χ4n) is 1.91. The highest BCUT2D eigenvalue weighted by atomic mass is 35.5. The van der Waals surface area contributed by atoms with Crippen LogP contribution in [0.1, 0.15) is 17.2 Å². The fraction of sp³-hybridized carbons (Fsp3) is 0.250. The van der Waals surface area contributed by atoms with E-state index < -0.39 is 0 Å². The molecule has 0 heterocycles. The van der Waals surface area contributed by atoms with E-state index in [1.54, 1.807) is 0 Å². The molecule has 0 saturated heterocycles. The van der Waals surface area contributed by atoms with Crippen LogP contribution >= 0.6 is 11.6 Å². The molecule has 0 spiro atoms. The van der Waals surface area contributed by atoms with Crippen molar-refractivity contribution in [3.63, 3.8) is 0 Å². The van der Waals surface area contributed by atoms with Gasteiger partial charge in [-0.05, 0) is 30.3 Å². The summed E-state index contributed by atoms with van der Waals surface area (Å²) >= 11 is 5.91. The van der Waals surface area contributed by atoms with Crippen molar-refractivity contribution in [2.75, 3.05) is 13.6 Å². The fourth-order valence-corrected chi connectivity index (χ4v) is 2.03. The zero-order valence-electron chi connectivity index (χ0n) is 11.0. The summed E-state index contributed by atoms with van der Waals surface area (Å²) < 4.78 is 5.99. The van der Waals surface area contributed by atoms with Crippen molar-refractivity contribution in [2.45, 2.75) is 12.7 Å². The zero-order chi connectivity index (χ0) is 13.5. The standard InChI is InChI=1S/C16H18ClNO/c1-18-11-16(14-7-9-15(17)10-8-14)19-12-13-5-3-2-4-6-13/h2-10,16,18H,11-12H2,1H3. The lowest BCUT2D eigenvalue weighted by atomic mass is 10.1. The molecule has 0 amide bonds. The van der Waals surface area contributed by atoms with Crippen LogP contribution in [0.5, 0.6) is 0 Å². The topological polar surface area (TPSA) is 21.3 Å². The molecule has 0 aromatic heterocycles. The molecular weight excluding hydrogens is 258 g/mol. The number of likely N-dealkylation sites (N-methyl/N-ethyl adjacent to an activating group) is 1. The predicted octanol–water partition coefficient (Wildman–Crippen LogP) is 3.82. The highest BCUT2D eigenvalue weighted by molar-refractivity contribution is 6.30. The highest BCUT2D eigenvalue weighted by Crippen LogP contribution is 2.20. The molecule has 1 N–H and O–H groups in total. The first kappa shape index (κ1) is 14.1. The molecule has 2 aromatic rings. The second-order valence-electron chi connectivity index (χ2n) is 4.39. The molecule has 1 atom stereocenters. The van der Waals surface area contributed by atoms with Crippen LogP contribution < -0.4 is 5.32 Å². The summed E-state index contributed by atoms with van der Waals surface area (Å²) in [6.07, 6.45) is 0.0301. The summed E-state index contributed by atoms with van der Waals surface area (Å²) in [6, 6.07) is 18.0. The monoisotopic (exact) mass is 275 g/mol. The molecule has 1 unspecified atom stereocenters. The molecule has 0 aliphatic carbocycles. The van der Waals surface area contributed by atoms with Crippen LogP contribution in [0.3, 0.4) is 0 Å². The Morgan fingerprint density at radius 1 is 1.05 bits per heavy atom. The Hall–Kier alpha value is -1.35. The van der Waals surface area contributed by atoms with Crippen LogP contribution in [-0.4, -0.2) is 13.6 Å². The maximum absolute atomic E-state index is 5.99. The Labute approximate surface area is 119 Å². The van der Waals surface area contributed by atoms with E-state index in [1.165, 1.54) is 5.56 Å². The van der Waals surface area contributed by atoms with Gasteiger partial charge in [0.2, 0.25) is 0 Å². The second-order valence-corrected chi connectivity index (χ2v) is 4.83. The predicted molar refractivity (Wildman–Crippen MR) is 79.4 cm³/mol. The van der Waals surface area contributed by atoms with Gasteiger partial charge in [-0.2, -0.15) is 0 Å². The van der Waals surface area contributed by atoms with Crippen LogP contribution in [0, 0.1) is 0 Å². The molecule has 100 valence electrons. The van der Waals surface area contributed by atoms with E-state index in [1.807, 2.05) is 49.5 Å². The van der Waals surface area contributed by atoms with E-state index in [0.29, 0.717) is 6.61 Å². The summed E-state index contributed by atoms with van der Waals surface area (Å²) in [5, 5.41) is 3.90. The summed E-state index contributed by atoms with van der Waals surface area (Å²) in [7, 11) is 1.93. The van der Waals surface area contributed by atoms with Gasteiger partial charge in [-0.3, -0.25) is 0 Å². The third-order valence-electron chi connectivity index (χ3n) is 2.93. The van der Waals surface area contributed by atoms with E-state index in [9.17, 15) is 0 Å². The van der Waals surface area contributed by atoms with E-state index in [2.05, 4.69) is 17.4 Å². The quantitative estimate of drug-likeness (QED) is 0.865. The number of halogens is 1. The smallest absolute Gasteiger partial charge is 0.0953 e. The third kappa shape index (κ3) is 4.35. The average Bonchev–Trinajstić information content (AvgIpc) is 2.46. The lowest BCUT2D eigenvalue weighted by Gasteiger charge is -2.18. The molecular formula is C16H18ClNO. The largest absolute Gasteiger partial charge is 0.368 e. The van der Waals surface area contributed by atoms with Gasteiger partial charge in [0, 0.05) is 11.6 Å². The third-order valence-corrected chi connectivity index (χ3v) is 3.18. The van der Waals surface area contributed by atoms with Crippen molar-refractivity contribution in [3.8, 4) is 0 Å². The minimum absolute atomic E-state index is 0.0301. The van der Waals surface area contributed by atoms with Crippen molar-refractivity contribution in [2.24, 2.45) is 0 Å². The summed E-state index contributed by atoms with van der Waals surface area (Å²) in [5.41, 5.74) is 2.31. The molecule has 3 heteroatoms. The van der Waals surface area contributed by atoms with Gasteiger partial charge in [0.15, 0.2) is 0 Å². The van der Waals surface area contributed by atoms with Crippen molar-refractivity contribution in [1.82, 2.24) is 5.32 Å². The Morgan fingerprint density at radius 3 is 2.37 bits per heavy atom. The maximum Gasteiger partial charge on any atom is 0.0953 e. The first-order chi connectivity index (χ1) is 9.29. The van der Waals surface area contributed by atoms with Crippen LogP contribution in [-0.2, 0) is 11.3 Å². The van der Waals surface area contributed by atoms with Gasteiger partial charge < -0.3 is 10.1 Å².